The van der Waals surface area contributed by atoms with E-state index in [1.807, 2.05) is 18.5 Å². The first kappa shape index (κ1) is 19.7. The molecule has 0 saturated carbocycles. The first-order chi connectivity index (χ1) is 15.1. The van der Waals surface area contributed by atoms with Crippen molar-refractivity contribution in [2.45, 2.75) is 32.7 Å². The number of aromatic nitrogens is 3. The van der Waals surface area contributed by atoms with Crippen molar-refractivity contribution in [3.05, 3.63) is 80.9 Å². The van der Waals surface area contributed by atoms with E-state index in [1.165, 1.54) is 21.9 Å². The number of dihydropyridines is 1. The monoisotopic (exact) mass is 418 g/mol. The van der Waals surface area contributed by atoms with Gasteiger partial charge >= 0.3 is 0 Å². The van der Waals surface area contributed by atoms with Gasteiger partial charge in [-0.3, -0.25) is 20.1 Å². The molecule has 3 aliphatic rings. The van der Waals surface area contributed by atoms with Crippen molar-refractivity contribution in [2.24, 2.45) is 0 Å². The van der Waals surface area contributed by atoms with Crippen LogP contribution in [0.15, 0.2) is 47.0 Å². The molecule has 0 amide bonds. The van der Waals surface area contributed by atoms with Gasteiger partial charge in [0.2, 0.25) is 0 Å². The maximum atomic E-state index is 12.6. The Balaban J connectivity index is 1.40. The van der Waals surface area contributed by atoms with E-state index < -0.39 is 0 Å². The summed E-state index contributed by atoms with van der Waals surface area (Å²) >= 11 is 0. The fourth-order valence-electron chi connectivity index (χ4n) is 4.37. The molecule has 2 N–H and O–H groups in total. The number of hydrogen-bond acceptors (Lipinski definition) is 7. The molecular weight excluding hydrogens is 392 g/mol. The fraction of sp³-hybridized carbons (Fsp3) is 0.348. The van der Waals surface area contributed by atoms with Crippen LogP contribution in [-0.2, 0) is 24.3 Å². The molecule has 0 aromatic carbocycles. The van der Waals surface area contributed by atoms with Gasteiger partial charge in [0.15, 0.2) is 5.82 Å². The predicted octanol–water partition coefficient (Wildman–Crippen LogP) is 1.63. The number of nitrogens with one attached hydrogen (secondary N) is 2. The number of pyridine rings is 1. The third-order valence-corrected chi connectivity index (χ3v) is 5.92. The van der Waals surface area contributed by atoms with Crippen molar-refractivity contribution in [1.29, 1.82) is 0 Å². The van der Waals surface area contributed by atoms with E-state index in [0.717, 1.165) is 42.9 Å². The summed E-state index contributed by atoms with van der Waals surface area (Å²) in [7, 11) is 1.60. The number of nitrogens with zero attached hydrogens (tertiary/aromatic N) is 4. The summed E-state index contributed by atoms with van der Waals surface area (Å²) < 4.78 is 6.66. The van der Waals surface area contributed by atoms with Crippen LogP contribution in [0.25, 0.3) is 11.6 Å². The van der Waals surface area contributed by atoms with Crippen LogP contribution in [0.3, 0.4) is 0 Å². The fourth-order valence-corrected chi connectivity index (χ4v) is 4.37. The minimum atomic E-state index is -0.128. The summed E-state index contributed by atoms with van der Waals surface area (Å²) in [6.45, 7) is 4.87. The summed E-state index contributed by atoms with van der Waals surface area (Å²) in [4.78, 5) is 24.3. The molecule has 1 atom stereocenters. The lowest BCUT2D eigenvalue weighted by Gasteiger charge is -2.38. The van der Waals surface area contributed by atoms with Crippen LogP contribution in [0.4, 0.5) is 0 Å². The van der Waals surface area contributed by atoms with Gasteiger partial charge in [-0.2, -0.15) is 0 Å². The third-order valence-electron chi connectivity index (χ3n) is 5.92. The zero-order valence-electron chi connectivity index (χ0n) is 17.8. The van der Waals surface area contributed by atoms with Crippen LogP contribution in [0.1, 0.15) is 35.3 Å². The van der Waals surface area contributed by atoms with E-state index >= 15 is 0 Å². The average molecular weight is 419 g/mol. The van der Waals surface area contributed by atoms with Gasteiger partial charge in [-0.15, -0.1) is 0 Å². The van der Waals surface area contributed by atoms with E-state index in [-0.39, 0.29) is 11.7 Å². The number of ether oxygens (including phenoxy) is 1. The SMILES string of the molecule is COCc1cc(=O)n2c(n1)C=C(C)C(N1CCc3ncc(C4=CCNC=C4)cc3C1)N2. The van der Waals surface area contributed by atoms with Crippen LogP contribution < -0.4 is 16.3 Å². The second-order valence-electron chi connectivity index (χ2n) is 8.08. The maximum Gasteiger partial charge on any atom is 0.272 e. The second kappa shape index (κ2) is 8.13. The molecule has 8 nitrogen and oxygen atoms in total. The molecule has 2 aromatic rings. The van der Waals surface area contributed by atoms with Crippen LogP contribution in [0.2, 0.25) is 0 Å². The lowest BCUT2D eigenvalue weighted by molar-refractivity contribution is 0.180. The first-order valence-electron chi connectivity index (χ1n) is 10.5. The van der Waals surface area contributed by atoms with Gasteiger partial charge in [-0.05, 0) is 48.1 Å². The molecule has 5 heterocycles. The van der Waals surface area contributed by atoms with Crippen LogP contribution in [0, 0.1) is 0 Å². The van der Waals surface area contributed by atoms with Crippen molar-refractivity contribution in [1.82, 2.24) is 24.9 Å². The molecule has 1 unspecified atom stereocenters. The Morgan fingerprint density at radius 2 is 2.23 bits per heavy atom. The Labute approximate surface area is 180 Å². The van der Waals surface area contributed by atoms with Gasteiger partial charge in [0, 0.05) is 56.7 Å². The highest BCUT2D eigenvalue weighted by atomic mass is 16.5. The summed E-state index contributed by atoms with van der Waals surface area (Å²) in [6, 6.07) is 3.77. The molecule has 0 bridgehead atoms. The zero-order valence-corrected chi connectivity index (χ0v) is 17.8. The Morgan fingerprint density at radius 3 is 3.03 bits per heavy atom. The summed E-state index contributed by atoms with van der Waals surface area (Å²) in [5.41, 5.74) is 9.71. The molecule has 31 heavy (non-hydrogen) atoms. The van der Waals surface area contributed by atoms with Gasteiger partial charge in [-0.25, -0.2) is 9.66 Å². The Kier molecular flexibility index (Phi) is 5.17. The van der Waals surface area contributed by atoms with Crippen molar-refractivity contribution in [3.8, 4) is 0 Å². The molecule has 0 aliphatic carbocycles. The maximum absolute atomic E-state index is 12.6. The molecule has 8 heteroatoms. The molecule has 0 spiro atoms. The number of allylic oxidation sites excluding steroid dienone is 2. The van der Waals surface area contributed by atoms with Crippen LogP contribution >= 0.6 is 0 Å². The van der Waals surface area contributed by atoms with E-state index in [4.69, 9.17) is 9.72 Å². The average Bonchev–Trinajstić information content (AvgIpc) is 2.79. The molecule has 160 valence electrons. The highest BCUT2D eigenvalue weighted by Crippen LogP contribution is 2.26. The number of methoxy groups -OCH3 is 1. The van der Waals surface area contributed by atoms with E-state index in [1.54, 1.807) is 7.11 Å². The summed E-state index contributed by atoms with van der Waals surface area (Å²) in [6.07, 6.45) is 11.0. The van der Waals surface area contributed by atoms with Crippen molar-refractivity contribution < 1.29 is 4.74 Å². The number of rotatable bonds is 4. The lowest BCUT2D eigenvalue weighted by atomic mass is 9.98. The van der Waals surface area contributed by atoms with Gasteiger partial charge in [0.05, 0.1) is 12.3 Å². The molecule has 0 saturated heterocycles. The molecule has 0 fully saturated rings. The van der Waals surface area contributed by atoms with E-state index in [0.29, 0.717) is 18.1 Å². The van der Waals surface area contributed by atoms with Crippen molar-refractivity contribution in [2.75, 3.05) is 25.6 Å². The van der Waals surface area contributed by atoms with Crippen molar-refractivity contribution >= 4 is 11.6 Å². The second-order valence-corrected chi connectivity index (χ2v) is 8.08. The third kappa shape index (κ3) is 3.80. The standard InChI is InChI=1S/C23H26N6O2/c1-15-9-21-26-19(14-31-2)11-22(30)29(21)27-23(15)28-8-5-20-18(13-28)10-17(12-25-20)16-3-6-24-7-4-16/h3-4,6,9-12,23-24,27H,5,7-8,13-14H2,1-2H3. The molecular formula is C23H26N6O2. The lowest BCUT2D eigenvalue weighted by Crippen LogP contribution is -2.51. The van der Waals surface area contributed by atoms with Gasteiger partial charge in [-0.1, -0.05) is 6.08 Å². The summed E-state index contributed by atoms with van der Waals surface area (Å²) in [5, 5.41) is 3.18. The predicted molar refractivity (Wildman–Crippen MR) is 119 cm³/mol. The topological polar surface area (TPSA) is 84.3 Å². The Hall–Kier alpha value is -3.23. The Morgan fingerprint density at radius 1 is 1.32 bits per heavy atom. The van der Waals surface area contributed by atoms with E-state index in [9.17, 15) is 4.79 Å². The highest BCUT2D eigenvalue weighted by Gasteiger charge is 2.29. The highest BCUT2D eigenvalue weighted by molar-refractivity contribution is 5.74. The van der Waals surface area contributed by atoms with Crippen molar-refractivity contribution in [3.63, 3.8) is 0 Å². The normalized spacial score (nSPS) is 20.1. The first-order valence-corrected chi connectivity index (χ1v) is 10.5. The largest absolute Gasteiger partial charge is 0.387 e. The Bertz CT molecular complexity index is 1160. The quantitative estimate of drug-likeness (QED) is 0.781. The molecule has 5 rings (SSSR count). The van der Waals surface area contributed by atoms with E-state index in [2.05, 4.69) is 45.8 Å². The number of fused-ring (bicyclic) bond motifs is 2. The summed E-state index contributed by atoms with van der Waals surface area (Å²) in [5.74, 6) is 0.610. The molecule has 2 aromatic heterocycles. The van der Waals surface area contributed by atoms with Crippen LogP contribution in [0.5, 0.6) is 0 Å². The minimum absolute atomic E-state index is 0.0740. The minimum Gasteiger partial charge on any atom is -0.387 e. The smallest absolute Gasteiger partial charge is 0.272 e. The van der Waals surface area contributed by atoms with Gasteiger partial charge in [0.25, 0.3) is 5.56 Å². The van der Waals surface area contributed by atoms with Crippen LogP contribution in [-0.4, -0.2) is 45.9 Å². The van der Waals surface area contributed by atoms with Gasteiger partial charge < -0.3 is 10.1 Å². The van der Waals surface area contributed by atoms with Gasteiger partial charge in [0.1, 0.15) is 6.17 Å². The molecule has 0 radical (unpaired) electrons. The zero-order chi connectivity index (χ0) is 21.4. The molecule has 3 aliphatic heterocycles. The number of hydrogen-bond donors (Lipinski definition) is 2.